The number of cyclic esters (lactones) is 1. The second kappa shape index (κ2) is 56.2. The van der Waals surface area contributed by atoms with Crippen molar-refractivity contribution >= 4 is 117 Å². The van der Waals surface area contributed by atoms with Gasteiger partial charge in [0, 0.05) is 125 Å². The van der Waals surface area contributed by atoms with Crippen molar-refractivity contribution in [2.75, 3.05) is 214 Å². The molecule has 0 unspecified atom stereocenters. The van der Waals surface area contributed by atoms with Crippen LogP contribution in [0.25, 0.3) is 22.3 Å². The summed E-state index contributed by atoms with van der Waals surface area (Å²) in [6.45, 7) is 5.37. The number of rotatable bonds is 61. The molecule has 3 aromatic rings. The third kappa shape index (κ3) is 34.6. The Kier molecular flexibility index (Phi) is 46.4. The Balaban J connectivity index is 0.859. The molecule has 9 N–H and O–H groups in total. The molecule has 1 fully saturated rings. The van der Waals surface area contributed by atoms with Gasteiger partial charge in [0.1, 0.15) is 37.3 Å². The summed E-state index contributed by atoms with van der Waals surface area (Å²) in [5, 5.41) is 33.2. The number of para-hydroxylation sites is 1. The van der Waals surface area contributed by atoms with Crippen LogP contribution in [0.3, 0.4) is 0 Å². The highest BCUT2D eigenvalue weighted by Gasteiger charge is 2.52. The molecule has 3 aliphatic heterocycles. The van der Waals surface area contributed by atoms with E-state index in [0.29, 0.717) is 63.4 Å². The zero-order valence-corrected chi connectivity index (χ0v) is 79.3. The SMILES string of the molecule is CCc1c2c(nc3ccccc13)-c1cc3c(c(=O)n1C2)COC(=O)[C@@]3(CC)OC(=O)[C@@H](NC(=O)[C@@H]1CCCN1C(=O)[C@H](CC(=O)O)NC(=O)CCOCCOCCOCCNC(=O)[C@H](CCCCNC(=O)CCCC(=O)N(C)CC(=O)N(C)CC(=O)N(C)CC(=O)N(C)CC(=O)N(C)CC(=O)N(C)CC(=O)N(C)CC(=O)N(C)CC(=O)O)NC(=O)CCOCCOCCOCCN)C(C)C. The summed E-state index contributed by atoms with van der Waals surface area (Å²) in [6, 6.07) is 4.12. The van der Waals surface area contributed by atoms with Crippen molar-refractivity contribution in [2.45, 2.75) is 154 Å². The monoisotopic (exact) mass is 1900 g/mol. The van der Waals surface area contributed by atoms with Crippen molar-refractivity contribution in [2.24, 2.45) is 11.7 Å². The van der Waals surface area contributed by atoms with E-state index in [1.807, 2.05) is 31.2 Å². The van der Waals surface area contributed by atoms with Crippen LogP contribution in [0.4, 0.5) is 0 Å². The molecule has 1 saturated heterocycles. The number of hydrogen-bond acceptors (Lipinski definition) is 29. The van der Waals surface area contributed by atoms with Gasteiger partial charge in [-0.1, -0.05) is 45.9 Å². The van der Waals surface area contributed by atoms with Gasteiger partial charge in [-0.2, -0.15) is 0 Å². The summed E-state index contributed by atoms with van der Waals surface area (Å²) in [6.07, 6.45) is 0.708. The van der Waals surface area contributed by atoms with Crippen LogP contribution < -0.4 is 37.9 Å². The number of likely N-dealkylation sites (tertiary alicyclic amines) is 1. The molecule has 0 spiro atoms. The summed E-state index contributed by atoms with van der Waals surface area (Å²) < 4.78 is 46.4. The molecule has 6 rings (SSSR count). The van der Waals surface area contributed by atoms with Crippen LogP contribution >= 0.6 is 0 Å². The predicted octanol–water partition coefficient (Wildman–Crippen LogP) is -3.07. The van der Waals surface area contributed by atoms with E-state index in [1.54, 1.807) is 31.4 Å². The number of fused-ring (bicyclic) bond motifs is 5. The molecule has 0 bridgehead atoms. The Bertz CT molecular complexity index is 4720. The largest absolute Gasteiger partial charge is 0.481 e. The third-order valence-electron chi connectivity index (χ3n) is 22.7. The summed E-state index contributed by atoms with van der Waals surface area (Å²) in [7, 11) is 10.5. The standard InChI is InChI=1S/C89H133N17O29/c1-13-58-59-21-15-16-22-63(59)95-82-60(58)47-106-67(82)45-62-61(85(106)124)56-134-88(127)89(62,14-2)135-87(126)81(57(3)4)96-84(123)66-24-20-32-105(66)86(125)65(46-79(118)119)94-70(109)28-34-129-38-42-133-44-40-131-36-31-92-83(122)64(93-69(108)27-33-128-37-41-132-43-39-130-35-29-90)23-17-18-30-91-68(107)25-19-26-71(110)97(5)48-72(111)98(6)49-73(112)99(7)50-74(113)100(8)51-75(114)101(9)52-76(115)102(10)53-77(116)103(11)54-78(117)104(12)55-80(120)121/h15-16,21-22,45,57,64-66,81H,13-14,17-20,23-44,46-56,90H2,1-12H3,(H,91,107)(H,92,122)(H,93,108)(H,94,109)(H,96,123)(H,118,119)(H,120,121)/t64-,65-,66-,81-,89-/m0/s1. The number of esters is 2. The highest BCUT2D eigenvalue weighted by Crippen LogP contribution is 2.43. The molecule has 0 aliphatic carbocycles. The second-order valence-electron chi connectivity index (χ2n) is 33.4. The van der Waals surface area contributed by atoms with Gasteiger partial charge in [0.05, 0.1) is 161 Å². The molecule has 46 nitrogen and oxygen atoms in total. The topological polar surface area (TPSA) is 572 Å². The van der Waals surface area contributed by atoms with Gasteiger partial charge < -0.3 is 129 Å². The van der Waals surface area contributed by atoms with Gasteiger partial charge in [-0.3, -0.25) is 81.5 Å². The number of carbonyl (C=O) groups excluding carboxylic acids is 16. The minimum atomic E-state index is -2.11. The van der Waals surface area contributed by atoms with Gasteiger partial charge in [0.15, 0.2) is 0 Å². The normalized spacial score (nSPS) is 14.7. The molecule has 46 heteroatoms. The maximum Gasteiger partial charge on any atom is 0.355 e. The number of hydrogen-bond donors (Lipinski definition) is 8. The molecule has 3 aliphatic rings. The van der Waals surface area contributed by atoms with Crippen LogP contribution in [0.2, 0.25) is 0 Å². The first-order valence-electron chi connectivity index (χ1n) is 45.0. The summed E-state index contributed by atoms with van der Waals surface area (Å²) >= 11 is 0. The molecule has 0 saturated carbocycles. The van der Waals surface area contributed by atoms with Gasteiger partial charge in [-0.05, 0) is 75.0 Å². The quantitative estimate of drug-likeness (QED) is 0.0161. The fourth-order valence-electron chi connectivity index (χ4n) is 14.8. The molecule has 5 heterocycles. The van der Waals surface area contributed by atoms with Crippen molar-refractivity contribution in [3.8, 4) is 11.4 Å². The van der Waals surface area contributed by atoms with Gasteiger partial charge in [0.2, 0.25) is 88.3 Å². The number of carboxylic acid groups (broad SMARTS) is 2. The number of aryl methyl sites for hydroxylation is 1. The second-order valence-corrected chi connectivity index (χ2v) is 33.4. The average Bonchev–Trinajstić information content (AvgIpc) is 1.57. The number of unbranched alkanes of at least 4 members (excludes halogenated alkanes) is 1. The Morgan fingerprint density at radius 3 is 1.51 bits per heavy atom. The lowest BCUT2D eigenvalue weighted by Gasteiger charge is -2.37. The van der Waals surface area contributed by atoms with E-state index in [-0.39, 0.29) is 161 Å². The highest BCUT2D eigenvalue weighted by molar-refractivity contribution is 5.98. The Labute approximate surface area is 783 Å². The van der Waals surface area contributed by atoms with Crippen molar-refractivity contribution in [1.82, 2.24) is 80.2 Å². The lowest BCUT2D eigenvalue weighted by Crippen LogP contribution is -2.57. The molecular weight excluding hydrogens is 1770 g/mol. The average molecular weight is 1910 g/mol. The zero-order chi connectivity index (χ0) is 99.8. The lowest BCUT2D eigenvalue weighted by molar-refractivity contribution is -0.191. The number of aromatic nitrogens is 2. The summed E-state index contributed by atoms with van der Waals surface area (Å²) in [5.41, 5.74) is 6.76. The Morgan fingerprint density at radius 1 is 0.541 bits per heavy atom. The van der Waals surface area contributed by atoms with Crippen LogP contribution in [-0.2, 0) is 149 Å². The van der Waals surface area contributed by atoms with Crippen LogP contribution in [0, 0.1) is 5.92 Å². The van der Waals surface area contributed by atoms with Crippen molar-refractivity contribution in [1.29, 1.82) is 0 Å². The van der Waals surface area contributed by atoms with E-state index in [1.165, 1.54) is 56.4 Å². The predicted molar refractivity (Wildman–Crippen MR) is 481 cm³/mol. The van der Waals surface area contributed by atoms with E-state index in [2.05, 4.69) is 26.6 Å². The molecular formula is C89H133N17O29. The molecule has 1 aromatic carbocycles. The van der Waals surface area contributed by atoms with E-state index in [9.17, 15) is 96.2 Å². The maximum absolute atomic E-state index is 14.5. The number of amides is 14. The van der Waals surface area contributed by atoms with Gasteiger partial charge in [0.25, 0.3) is 5.56 Å². The molecule has 14 amide bonds. The van der Waals surface area contributed by atoms with Crippen molar-refractivity contribution in [3.05, 3.63) is 62.9 Å². The first-order chi connectivity index (χ1) is 64.2. The van der Waals surface area contributed by atoms with Crippen LogP contribution in [0.15, 0.2) is 35.1 Å². The highest BCUT2D eigenvalue weighted by atomic mass is 16.6. The first-order valence-corrected chi connectivity index (χ1v) is 45.0. The number of carbonyl (C=O) groups is 18. The summed E-state index contributed by atoms with van der Waals surface area (Å²) in [4.78, 5) is 265. The first kappa shape index (κ1) is 112. The zero-order valence-electron chi connectivity index (χ0n) is 79.3. The number of nitrogens with one attached hydrogen (secondary N) is 5. The van der Waals surface area contributed by atoms with Crippen LogP contribution in [0.5, 0.6) is 0 Å². The van der Waals surface area contributed by atoms with Crippen LogP contribution in [-0.4, -0.2) is 409 Å². The van der Waals surface area contributed by atoms with Crippen molar-refractivity contribution in [3.63, 3.8) is 0 Å². The van der Waals surface area contributed by atoms with E-state index in [4.69, 9.17) is 53.7 Å². The number of benzene rings is 1. The van der Waals surface area contributed by atoms with Gasteiger partial charge >= 0.3 is 23.9 Å². The van der Waals surface area contributed by atoms with E-state index in [0.717, 1.165) is 66.1 Å². The molecule has 135 heavy (non-hydrogen) atoms. The molecule has 5 atom stereocenters. The Hall–Kier alpha value is -12.2. The fraction of sp³-hybridized carbons (Fsp3) is 0.640. The van der Waals surface area contributed by atoms with Crippen LogP contribution in [0.1, 0.15) is 127 Å². The van der Waals surface area contributed by atoms with Gasteiger partial charge in [-0.15, -0.1) is 0 Å². The minimum absolute atomic E-state index is 0.0137. The number of nitrogens with zero attached hydrogens (tertiary/aromatic N) is 11. The minimum Gasteiger partial charge on any atom is -0.481 e. The number of pyridine rings is 2. The molecule has 748 valence electrons. The van der Waals surface area contributed by atoms with E-state index < -0.39 is 201 Å². The smallest absolute Gasteiger partial charge is 0.355 e. The number of carboxylic acids is 2. The van der Waals surface area contributed by atoms with Gasteiger partial charge in [-0.25, -0.2) is 14.6 Å². The maximum atomic E-state index is 14.5. The molecule has 0 radical (unpaired) electrons. The fourth-order valence-corrected chi connectivity index (χ4v) is 14.8. The number of aliphatic carboxylic acids is 2. The lowest BCUT2D eigenvalue weighted by atomic mass is 9.85. The summed E-state index contributed by atoms with van der Waals surface area (Å²) in [5.74, 6) is -13.9. The van der Waals surface area contributed by atoms with E-state index >= 15 is 0 Å². The Morgan fingerprint density at radius 2 is 1.02 bits per heavy atom. The molecule has 2 aromatic heterocycles. The number of ether oxygens (including phenoxy) is 8. The van der Waals surface area contributed by atoms with Crippen molar-refractivity contribution < 1.29 is 134 Å². The number of nitrogens with two attached hydrogens (primary N) is 1. The third-order valence-corrected chi connectivity index (χ3v) is 22.7. The number of likely N-dealkylation sites (N-methyl/N-ethyl adjacent to an activating group) is 8.